The van der Waals surface area contributed by atoms with E-state index in [9.17, 15) is 0 Å². The first kappa shape index (κ1) is 8.02. The van der Waals surface area contributed by atoms with E-state index in [1.807, 2.05) is 7.05 Å². The second-order valence-electron chi connectivity index (χ2n) is 3.07. The van der Waals surface area contributed by atoms with Crippen LogP contribution in [0.1, 0.15) is 19.8 Å². The summed E-state index contributed by atoms with van der Waals surface area (Å²) in [4.78, 5) is 0. The monoisotopic (exact) mass is 143 g/mol. The molecule has 1 heterocycles. The Morgan fingerprint density at radius 3 is 2.90 bits per heavy atom. The molecule has 2 unspecified atom stereocenters. The Bertz CT molecular complexity index is 95.3. The molecule has 0 saturated carbocycles. The van der Waals surface area contributed by atoms with Gasteiger partial charge in [-0.25, -0.2) is 0 Å². The van der Waals surface area contributed by atoms with Crippen LogP contribution >= 0.6 is 0 Å². The first-order valence-corrected chi connectivity index (χ1v) is 4.11. The Morgan fingerprint density at radius 1 is 1.60 bits per heavy atom. The molecule has 1 fully saturated rings. The zero-order valence-corrected chi connectivity index (χ0v) is 6.89. The van der Waals surface area contributed by atoms with Crippen LogP contribution in [-0.4, -0.2) is 26.3 Å². The lowest BCUT2D eigenvalue weighted by atomic mass is 10.0. The average Bonchev–Trinajstić information content (AvgIpc) is 2.31. The highest BCUT2D eigenvalue weighted by atomic mass is 16.5. The Kier molecular flexibility index (Phi) is 3.16. The van der Waals surface area contributed by atoms with Crippen molar-refractivity contribution in [2.75, 3.05) is 20.2 Å². The van der Waals surface area contributed by atoms with Crippen molar-refractivity contribution >= 4 is 0 Å². The van der Waals surface area contributed by atoms with Crippen LogP contribution in [0.3, 0.4) is 0 Å². The predicted molar refractivity (Wildman–Crippen MR) is 42.1 cm³/mol. The van der Waals surface area contributed by atoms with Gasteiger partial charge in [0.05, 0.1) is 6.10 Å². The summed E-state index contributed by atoms with van der Waals surface area (Å²) in [6, 6.07) is 0. The quantitative estimate of drug-likeness (QED) is 0.637. The van der Waals surface area contributed by atoms with Crippen molar-refractivity contribution in [3.8, 4) is 0 Å². The first-order chi connectivity index (χ1) is 4.84. The summed E-state index contributed by atoms with van der Waals surface area (Å²) in [5.74, 6) is 0.772. The van der Waals surface area contributed by atoms with E-state index in [4.69, 9.17) is 4.74 Å². The minimum absolute atomic E-state index is 0.521. The van der Waals surface area contributed by atoms with Gasteiger partial charge in [-0.3, -0.25) is 0 Å². The molecule has 0 aromatic heterocycles. The molecular weight excluding hydrogens is 126 g/mol. The summed E-state index contributed by atoms with van der Waals surface area (Å²) in [6.45, 7) is 4.32. The van der Waals surface area contributed by atoms with Crippen LogP contribution in [0.2, 0.25) is 0 Å². The molecule has 2 atom stereocenters. The minimum atomic E-state index is 0.521. The van der Waals surface area contributed by atoms with E-state index in [1.54, 1.807) is 0 Å². The fourth-order valence-corrected chi connectivity index (χ4v) is 1.41. The standard InChI is InChI=1S/C8H17NO/c1-7-4-6-10-8(7)3-5-9-2/h7-9H,3-6H2,1-2H3. The molecule has 0 aliphatic carbocycles. The lowest BCUT2D eigenvalue weighted by molar-refractivity contribution is 0.0875. The highest BCUT2D eigenvalue weighted by Gasteiger charge is 2.22. The molecule has 0 bridgehead atoms. The van der Waals surface area contributed by atoms with Crippen molar-refractivity contribution in [1.29, 1.82) is 0 Å². The summed E-state index contributed by atoms with van der Waals surface area (Å²) in [6.07, 6.45) is 2.93. The maximum atomic E-state index is 5.53. The van der Waals surface area contributed by atoms with Crippen LogP contribution in [-0.2, 0) is 4.74 Å². The lowest BCUT2D eigenvalue weighted by Crippen LogP contribution is -2.20. The molecule has 1 rings (SSSR count). The Balaban J connectivity index is 2.14. The zero-order chi connectivity index (χ0) is 7.40. The van der Waals surface area contributed by atoms with Gasteiger partial charge < -0.3 is 10.1 Å². The topological polar surface area (TPSA) is 21.3 Å². The van der Waals surface area contributed by atoms with Gasteiger partial charge in [-0.2, -0.15) is 0 Å². The third kappa shape index (κ3) is 1.96. The second kappa shape index (κ2) is 3.94. The van der Waals surface area contributed by atoms with Crippen LogP contribution < -0.4 is 5.32 Å². The van der Waals surface area contributed by atoms with E-state index in [1.165, 1.54) is 6.42 Å². The minimum Gasteiger partial charge on any atom is -0.378 e. The van der Waals surface area contributed by atoms with E-state index in [2.05, 4.69) is 12.2 Å². The molecule has 1 saturated heterocycles. The maximum absolute atomic E-state index is 5.53. The van der Waals surface area contributed by atoms with Crippen LogP contribution in [0.25, 0.3) is 0 Å². The lowest BCUT2D eigenvalue weighted by Gasteiger charge is -2.13. The molecule has 1 aliphatic heterocycles. The van der Waals surface area contributed by atoms with Gasteiger partial charge in [0.2, 0.25) is 0 Å². The molecular formula is C8H17NO. The number of ether oxygens (including phenoxy) is 1. The molecule has 0 radical (unpaired) electrons. The molecule has 0 aromatic rings. The average molecular weight is 143 g/mol. The number of hydrogen-bond donors (Lipinski definition) is 1. The van der Waals surface area contributed by atoms with E-state index < -0.39 is 0 Å². The molecule has 2 heteroatoms. The van der Waals surface area contributed by atoms with Gasteiger partial charge in [-0.15, -0.1) is 0 Å². The number of hydrogen-bond acceptors (Lipinski definition) is 2. The van der Waals surface area contributed by atoms with E-state index in [0.717, 1.165) is 25.5 Å². The van der Waals surface area contributed by atoms with E-state index >= 15 is 0 Å². The SMILES string of the molecule is CNCCC1OCCC1C. The van der Waals surface area contributed by atoms with Gasteiger partial charge in [0.15, 0.2) is 0 Å². The van der Waals surface area contributed by atoms with Gasteiger partial charge in [-0.1, -0.05) is 6.92 Å². The fraction of sp³-hybridized carbons (Fsp3) is 1.00. The van der Waals surface area contributed by atoms with Crippen molar-refractivity contribution in [3.05, 3.63) is 0 Å². The highest BCUT2D eigenvalue weighted by Crippen LogP contribution is 2.21. The normalized spacial score (nSPS) is 33.0. The Hall–Kier alpha value is -0.0800. The van der Waals surface area contributed by atoms with Crippen molar-refractivity contribution in [1.82, 2.24) is 5.32 Å². The van der Waals surface area contributed by atoms with E-state index in [-0.39, 0.29) is 0 Å². The molecule has 0 spiro atoms. The number of rotatable bonds is 3. The molecule has 1 N–H and O–H groups in total. The van der Waals surface area contributed by atoms with Crippen LogP contribution in [0.4, 0.5) is 0 Å². The number of nitrogens with one attached hydrogen (secondary N) is 1. The fourth-order valence-electron chi connectivity index (χ4n) is 1.41. The summed E-state index contributed by atoms with van der Waals surface area (Å²) in [5.41, 5.74) is 0. The highest BCUT2D eigenvalue weighted by molar-refractivity contribution is 4.72. The van der Waals surface area contributed by atoms with Crippen molar-refractivity contribution < 1.29 is 4.74 Å². The summed E-state index contributed by atoms with van der Waals surface area (Å²) in [5, 5.41) is 3.14. The van der Waals surface area contributed by atoms with Crippen molar-refractivity contribution in [2.24, 2.45) is 5.92 Å². The summed E-state index contributed by atoms with van der Waals surface area (Å²) < 4.78 is 5.53. The third-order valence-electron chi connectivity index (χ3n) is 2.22. The van der Waals surface area contributed by atoms with Crippen LogP contribution in [0, 0.1) is 5.92 Å². The third-order valence-corrected chi connectivity index (χ3v) is 2.22. The molecule has 60 valence electrons. The second-order valence-corrected chi connectivity index (χ2v) is 3.07. The smallest absolute Gasteiger partial charge is 0.0613 e. The van der Waals surface area contributed by atoms with Gasteiger partial charge in [0.25, 0.3) is 0 Å². The molecule has 0 aromatic carbocycles. The summed E-state index contributed by atoms with van der Waals surface area (Å²) >= 11 is 0. The zero-order valence-electron chi connectivity index (χ0n) is 6.89. The molecule has 0 amide bonds. The van der Waals surface area contributed by atoms with Gasteiger partial charge >= 0.3 is 0 Å². The molecule has 1 aliphatic rings. The Labute approximate surface area is 63.0 Å². The Morgan fingerprint density at radius 2 is 2.40 bits per heavy atom. The predicted octanol–water partition coefficient (Wildman–Crippen LogP) is 1.02. The van der Waals surface area contributed by atoms with Crippen molar-refractivity contribution in [3.63, 3.8) is 0 Å². The van der Waals surface area contributed by atoms with Gasteiger partial charge in [-0.05, 0) is 32.4 Å². The molecule has 2 nitrogen and oxygen atoms in total. The van der Waals surface area contributed by atoms with Crippen LogP contribution in [0.5, 0.6) is 0 Å². The van der Waals surface area contributed by atoms with Crippen LogP contribution in [0.15, 0.2) is 0 Å². The molecule has 10 heavy (non-hydrogen) atoms. The van der Waals surface area contributed by atoms with Gasteiger partial charge in [0.1, 0.15) is 0 Å². The first-order valence-electron chi connectivity index (χ1n) is 4.11. The van der Waals surface area contributed by atoms with Crippen molar-refractivity contribution in [2.45, 2.75) is 25.9 Å². The van der Waals surface area contributed by atoms with Gasteiger partial charge in [0, 0.05) is 6.61 Å². The van der Waals surface area contributed by atoms with E-state index in [0.29, 0.717) is 6.10 Å². The largest absolute Gasteiger partial charge is 0.378 e. The maximum Gasteiger partial charge on any atom is 0.0613 e. The summed E-state index contributed by atoms with van der Waals surface area (Å²) in [7, 11) is 1.99.